The van der Waals surface area contributed by atoms with E-state index in [-0.39, 0.29) is 5.95 Å². The maximum Gasteiger partial charge on any atom is 0.222 e. The minimum absolute atomic E-state index is 0.214. The second-order valence-electron chi connectivity index (χ2n) is 3.60. The average molecular weight is 265 g/mol. The number of methoxy groups -OCH3 is 1. The summed E-state index contributed by atoms with van der Waals surface area (Å²) >= 11 is 5.98. The molecule has 5 nitrogen and oxygen atoms in total. The van der Waals surface area contributed by atoms with Gasteiger partial charge in [-0.25, -0.2) is 4.98 Å². The molecule has 0 radical (unpaired) electrons. The molecule has 0 aliphatic rings. The lowest BCUT2D eigenvalue weighted by atomic mass is 10.1. The van der Waals surface area contributed by atoms with Crippen LogP contribution in [0, 0.1) is 0 Å². The van der Waals surface area contributed by atoms with E-state index in [1.807, 2.05) is 12.1 Å². The van der Waals surface area contributed by atoms with E-state index in [1.165, 1.54) is 0 Å². The Bertz CT molecular complexity index is 574. The Morgan fingerprint density at radius 2 is 2.06 bits per heavy atom. The van der Waals surface area contributed by atoms with Gasteiger partial charge in [0.1, 0.15) is 11.6 Å². The van der Waals surface area contributed by atoms with Crippen LogP contribution in [0.15, 0.2) is 24.3 Å². The molecule has 0 saturated heterocycles. The number of benzene rings is 1. The Balaban J connectivity index is 2.51. The molecule has 0 aliphatic carbocycles. The SMILES string of the molecule is CNc1cc(-c2ccc(Cl)c(OC)c2)nc(N)n1. The largest absolute Gasteiger partial charge is 0.495 e. The molecular weight excluding hydrogens is 252 g/mol. The Labute approximate surface area is 110 Å². The molecule has 2 aromatic rings. The van der Waals surface area contributed by atoms with Crippen molar-refractivity contribution >= 4 is 23.4 Å². The number of halogens is 1. The van der Waals surface area contributed by atoms with E-state index in [2.05, 4.69) is 15.3 Å². The molecule has 0 saturated carbocycles. The van der Waals surface area contributed by atoms with Gasteiger partial charge in [-0.05, 0) is 12.1 Å². The molecule has 18 heavy (non-hydrogen) atoms. The Hall–Kier alpha value is -2.01. The lowest BCUT2D eigenvalue weighted by Gasteiger charge is -2.08. The molecule has 94 valence electrons. The van der Waals surface area contributed by atoms with Gasteiger partial charge in [0.2, 0.25) is 5.95 Å². The smallest absolute Gasteiger partial charge is 0.222 e. The summed E-state index contributed by atoms with van der Waals surface area (Å²) in [4.78, 5) is 8.22. The topological polar surface area (TPSA) is 73.1 Å². The number of nitrogens with zero attached hydrogens (tertiary/aromatic N) is 2. The van der Waals surface area contributed by atoms with E-state index >= 15 is 0 Å². The first-order valence-corrected chi connectivity index (χ1v) is 5.68. The van der Waals surface area contributed by atoms with Gasteiger partial charge in [-0.1, -0.05) is 17.7 Å². The summed E-state index contributed by atoms with van der Waals surface area (Å²) in [6.45, 7) is 0. The van der Waals surface area contributed by atoms with Gasteiger partial charge in [0.15, 0.2) is 0 Å². The highest BCUT2D eigenvalue weighted by Crippen LogP contribution is 2.30. The van der Waals surface area contributed by atoms with E-state index in [1.54, 1.807) is 26.3 Å². The van der Waals surface area contributed by atoms with Crippen LogP contribution in [-0.2, 0) is 0 Å². The van der Waals surface area contributed by atoms with Crippen molar-refractivity contribution in [1.29, 1.82) is 0 Å². The first kappa shape index (κ1) is 12.4. The molecular formula is C12H13ClN4O. The normalized spacial score (nSPS) is 10.2. The summed E-state index contributed by atoms with van der Waals surface area (Å²) in [5.41, 5.74) is 7.23. The molecule has 1 aromatic heterocycles. The Kier molecular flexibility index (Phi) is 3.53. The molecule has 6 heteroatoms. The van der Waals surface area contributed by atoms with E-state index in [0.717, 1.165) is 5.56 Å². The average Bonchev–Trinajstić information content (AvgIpc) is 2.38. The molecule has 0 unspecified atom stereocenters. The lowest BCUT2D eigenvalue weighted by molar-refractivity contribution is 0.415. The third-order valence-electron chi connectivity index (χ3n) is 2.45. The first-order valence-electron chi connectivity index (χ1n) is 5.30. The summed E-state index contributed by atoms with van der Waals surface area (Å²) < 4.78 is 5.17. The van der Waals surface area contributed by atoms with Crippen LogP contribution >= 0.6 is 11.6 Å². The zero-order valence-electron chi connectivity index (χ0n) is 10.1. The monoisotopic (exact) mass is 264 g/mol. The number of hydrogen-bond donors (Lipinski definition) is 2. The van der Waals surface area contributed by atoms with Crippen LogP contribution in [0.25, 0.3) is 11.3 Å². The predicted octanol–water partition coefficient (Wildman–Crippen LogP) is 2.43. The van der Waals surface area contributed by atoms with E-state index in [4.69, 9.17) is 22.1 Å². The van der Waals surface area contributed by atoms with Crippen molar-refractivity contribution < 1.29 is 4.74 Å². The van der Waals surface area contributed by atoms with Gasteiger partial charge in [-0.15, -0.1) is 0 Å². The highest BCUT2D eigenvalue weighted by atomic mass is 35.5. The van der Waals surface area contributed by atoms with Crippen LogP contribution in [-0.4, -0.2) is 24.1 Å². The van der Waals surface area contributed by atoms with Gasteiger partial charge in [0.25, 0.3) is 0 Å². The van der Waals surface area contributed by atoms with Gasteiger partial charge >= 0.3 is 0 Å². The highest BCUT2D eigenvalue weighted by molar-refractivity contribution is 6.32. The number of nitrogens with one attached hydrogen (secondary N) is 1. The van der Waals surface area contributed by atoms with E-state index in [0.29, 0.717) is 22.3 Å². The maximum atomic E-state index is 5.98. The Morgan fingerprint density at radius 1 is 1.28 bits per heavy atom. The second kappa shape index (κ2) is 5.10. The quantitative estimate of drug-likeness (QED) is 0.891. The molecule has 0 bridgehead atoms. The number of hydrogen-bond acceptors (Lipinski definition) is 5. The number of anilines is 2. The molecule has 3 N–H and O–H groups in total. The molecule has 1 heterocycles. The molecule has 0 spiro atoms. The zero-order valence-corrected chi connectivity index (χ0v) is 10.8. The van der Waals surface area contributed by atoms with Gasteiger partial charge in [0.05, 0.1) is 17.8 Å². The lowest BCUT2D eigenvalue weighted by Crippen LogP contribution is -2.01. The van der Waals surface area contributed by atoms with Crippen molar-refractivity contribution in [2.45, 2.75) is 0 Å². The summed E-state index contributed by atoms with van der Waals surface area (Å²) in [5, 5.41) is 3.48. The van der Waals surface area contributed by atoms with Crippen molar-refractivity contribution in [3.8, 4) is 17.0 Å². The maximum absolute atomic E-state index is 5.98. The van der Waals surface area contributed by atoms with Crippen molar-refractivity contribution in [1.82, 2.24) is 9.97 Å². The predicted molar refractivity (Wildman–Crippen MR) is 73.0 cm³/mol. The molecule has 0 amide bonds. The molecule has 0 aliphatic heterocycles. The summed E-state index contributed by atoms with van der Waals surface area (Å²) in [6.07, 6.45) is 0. The fraction of sp³-hybridized carbons (Fsp3) is 0.167. The molecule has 1 aromatic carbocycles. The highest BCUT2D eigenvalue weighted by Gasteiger charge is 2.07. The standard InChI is InChI=1S/C12H13ClN4O/c1-15-11-6-9(16-12(14)17-11)7-3-4-8(13)10(5-7)18-2/h3-6H,1-2H3,(H3,14,15,16,17). The van der Waals surface area contributed by atoms with Gasteiger partial charge < -0.3 is 15.8 Å². The first-order chi connectivity index (χ1) is 8.63. The van der Waals surface area contributed by atoms with Crippen LogP contribution in [0.4, 0.5) is 11.8 Å². The van der Waals surface area contributed by atoms with Gasteiger partial charge in [-0.3, -0.25) is 0 Å². The minimum atomic E-state index is 0.214. The van der Waals surface area contributed by atoms with Crippen molar-refractivity contribution in [2.75, 3.05) is 25.2 Å². The number of nitrogen functional groups attached to an aromatic ring is 1. The fourth-order valence-corrected chi connectivity index (χ4v) is 1.76. The molecule has 0 atom stereocenters. The number of rotatable bonds is 3. The van der Waals surface area contributed by atoms with E-state index < -0.39 is 0 Å². The van der Waals surface area contributed by atoms with Crippen LogP contribution in [0.3, 0.4) is 0 Å². The number of ether oxygens (including phenoxy) is 1. The van der Waals surface area contributed by atoms with Crippen molar-refractivity contribution in [2.24, 2.45) is 0 Å². The minimum Gasteiger partial charge on any atom is -0.495 e. The third-order valence-corrected chi connectivity index (χ3v) is 2.76. The summed E-state index contributed by atoms with van der Waals surface area (Å²) in [6, 6.07) is 7.22. The number of aromatic nitrogens is 2. The fourth-order valence-electron chi connectivity index (χ4n) is 1.56. The van der Waals surface area contributed by atoms with Crippen LogP contribution in [0.1, 0.15) is 0 Å². The third kappa shape index (κ3) is 2.46. The zero-order chi connectivity index (χ0) is 13.1. The molecule has 0 fully saturated rings. The summed E-state index contributed by atoms with van der Waals surface area (Å²) in [5.74, 6) is 1.47. The number of nitrogens with two attached hydrogens (primary N) is 1. The molecule has 2 rings (SSSR count). The van der Waals surface area contributed by atoms with E-state index in [9.17, 15) is 0 Å². The van der Waals surface area contributed by atoms with Crippen LogP contribution < -0.4 is 15.8 Å². The van der Waals surface area contributed by atoms with Crippen LogP contribution in [0.2, 0.25) is 5.02 Å². The van der Waals surface area contributed by atoms with Crippen LogP contribution in [0.5, 0.6) is 5.75 Å². The second-order valence-corrected chi connectivity index (χ2v) is 4.00. The van der Waals surface area contributed by atoms with Crippen molar-refractivity contribution in [3.05, 3.63) is 29.3 Å². The van der Waals surface area contributed by atoms with Crippen molar-refractivity contribution in [3.63, 3.8) is 0 Å². The van der Waals surface area contributed by atoms with Gasteiger partial charge in [0, 0.05) is 18.7 Å². The Morgan fingerprint density at radius 3 is 2.72 bits per heavy atom. The summed E-state index contributed by atoms with van der Waals surface area (Å²) in [7, 11) is 3.34. The van der Waals surface area contributed by atoms with Gasteiger partial charge in [-0.2, -0.15) is 4.98 Å².